The zero-order valence-electron chi connectivity index (χ0n) is 13.5. The van der Waals surface area contributed by atoms with E-state index in [0.717, 1.165) is 0 Å². The van der Waals surface area contributed by atoms with E-state index in [2.05, 4.69) is 10.6 Å². The molecule has 0 spiro atoms. The molecule has 1 unspecified atom stereocenters. The van der Waals surface area contributed by atoms with Gasteiger partial charge in [-0.05, 0) is 30.8 Å². The molecule has 1 aliphatic rings. The minimum atomic E-state index is -0.695. The van der Waals surface area contributed by atoms with Gasteiger partial charge < -0.3 is 20.1 Å². The van der Waals surface area contributed by atoms with Gasteiger partial charge >= 0.3 is 5.97 Å². The van der Waals surface area contributed by atoms with E-state index in [1.54, 1.807) is 13.0 Å². The molecule has 0 saturated heterocycles. The number of carbonyl (C=O) groups is 1. The summed E-state index contributed by atoms with van der Waals surface area (Å²) in [6.07, 6.45) is 0. The Morgan fingerprint density at radius 1 is 1.44 bits per heavy atom. The molecule has 2 rings (SSSR count). The van der Waals surface area contributed by atoms with Crippen LogP contribution < -0.4 is 10.6 Å². The zero-order chi connectivity index (χ0) is 18.6. The van der Waals surface area contributed by atoms with Crippen LogP contribution in [0.2, 0.25) is 5.02 Å². The van der Waals surface area contributed by atoms with Gasteiger partial charge in [-0.2, -0.15) is 0 Å². The van der Waals surface area contributed by atoms with Gasteiger partial charge in [0.2, 0.25) is 0 Å². The monoisotopic (exact) mass is 385 g/mol. The summed E-state index contributed by atoms with van der Waals surface area (Å²) in [5.74, 6) is -0.570. The first-order valence-corrected chi connectivity index (χ1v) is 8.02. The number of hydrogen-bond acceptors (Lipinski definition) is 6. The van der Waals surface area contributed by atoms with Gasteiger partial charge in [-0.1, -0.05) is 17.7 Å². The number of ether oxygens (including phenoxy) is 2. The number of nitro groups is 1. The molecule has 0 amide bonds. The summed E-state index contributed by atoms with van der Waals surface area (Å²) in [4.78, 5) is 23.0. The number of thiocarbonyl (C=S) groups is 1. The first-order chi connectivity index (χ1) is 11.8. The summed E-state index contributed by atoms with van der Waals surface area (Å²) < 4.78 is 10.0. The van der Waals surface area contributed by atoms with Crippen molar-refractivity contribution in [2.24, 2.45) is 0 Å². The third kappa shape index (κ3) is 4.44. The Hall–Kier alpha value is -2.23. The van der Waals surface area contributed by atoms with Crippen molar-refractivity contribution in [1.82, 2.24) is 10.6 Å². The van der Waals surface area contributed by atoms with Crippen LogP contribution in [0.5, 0.6) is 0 Å². The second-order valence-electron chi connectivity index (χ2n) is 5.17. The van der Waals surface area contributed by atoms with Crippen LogP contribution in [0, 0.1) is 10.1 Å². The first kappa shape index (κ1) is 19.1. The Morgan fingerprint density at radius 3 is 2.80 bits per heavy atom. The Bertz CT molecular complexity index is 753. The van der Waals surface area contributed by atoms with Crippen molar-refractivity contribution in [1.29, 1.82) is 0 Å². The average Bonchev–Trinajstić information content (AvgIpc) is 2.54. The quantitative estimate of drug-likeness (QED) is 0.253. The Labute approximate surface area is 154 Å². The van der Waals surface area contributed by atoms with Crippen LogP contribution in [0.1, 0.15) is 18.5 Å². The van der Waals surface area contributed by atoms with Gasteiger partial charge in [0.25, 0.3) is 5.69 Å². The Kier molecular flexibility index (Phi) is 6.29. The predicted octanol–water partition coefficient (Wildman–Crippen LogP) is 2.23. The van der Waals surface area contributed by atoms with E-state index < -0.39 is 16.9 Å². The summed E-state index contributed by atoms with van der Waals surface area (Å²) in [7, 11) is 1.50. The molecule has 0 radical (unpaired) electrons. The van der Waals surface area contributed by atoms with Crippen molar-refractivity contribution in [2.75, 3.05) is 20.3 Å². The van der Waals surface area contributed by atoms with Crippen LogP contribution in [-0.2, 0) is 14.3 Å². The molecule has 1 heterocycles. The van der Waals surface area contributed by atoms with Crippen LogP contribution >= 0.6 is 23.8 Å². The van der Waals surface area contributed by atoms with Gasteiger partial charge in [0.15, 0.2) is 5.11 Å². The predicted molar refractivity (Wildman–Crippen MR) is 95.3 cm³/mol. The first-order valence-electron chi connectivity index (χ1n) is 7.23. The van der Waals surface area contributed by atoms with Gasteiger partial charge in [0, 0.05) is 18.9 Å². The van der Waals surface area contributed by atoms with E-state index in [4.69, 9.17) is 33.3 Å². The van der Waals surface area contributed by atoms with Crippen molar-refractivity contribution in [3.8, 4) is 0 Å². The number of carbonyl (C=O) groups excluding carboxylic acids is 1. The fourth-order valence-electron chi connectivity index (χ4n) is 2.36. The summed E-state index contributed by atoms with van der Waals surface area (Å²) in [5.41, 5.74) is 1.00. The third-order valence-corrected chi connectivity index (χ3v) is 4.05. The van der Waals surface area contributed by atoms with Crippen LogP contribution in [0.4, 0.5) is 5.69 Å². The van der Waals surface area contributed by atoms with Gasteiger partial charge in [0.1, 0.15) is 11.6 Å². The van der Waals surface area contributed by atoms with Crippen LogP contribution in [0.3, 0.4) is 0 Å². The maximum Gasteiger partial charge on any atom is 0.338 e. The Balaban J connectivity index is 2.40. The lowest BCUT2D eigenvalue weighted by atomic mass is 9.95. The van der Waals surface area contributed by atoms with Crippen LogP contribution in [0.25, 0.3) is 0 Å². The van der Waals surface area contributed by atoms with Gasteiger partial charge in [-0.25, -0.2) is 4.79 Å². The molecular weight excluding hydrogens is 370 g/mol. The average molecular weight is 386 g/mol. The summed E-state index contributed by atoms with van der Waals surface area (Å²) in [6.45, 7) is 2.02. The lowest BCUT2D eigenvalue weighted by Gasteiger charge is -2.29. The van der Waals surface area contributed by atoms with E-state index in [9.17, 15) is 14.9 Å². The van der Waals surface area contributed by atoms with E-state index >= 15 is 0 Å². The molecule has 1 aliphatic heterocycles. The second kappa shape index (κ2) is 8.24. The fourth-order valence-corrected chi connectivity index (χ4v) is 2.82. The molecule has 10 heteroatoms. The summed E-state index contributed by atoms with van der Waals surface area (Å²) >= 11 is 11.0. The molecule has 2 N–H and O–H groups in total. The highest BCUT2D eigenvalue weighted by Gasteiger charge is 2.32. The van der Waals surface area contributed by atoms with Crippen molar-refractivity contribution in [2.45, 2.75) is 13.0 Å². The lowest BCUT2D eigenvalue weighted by molar-refractivity contribution is -0.384. The number of benzene rings is 1. The van der Waals surface area contributed by atoms with E-state index in [0.29, 0.717) is 16.4 Å². The molecule has 134 valence electrons. The van der Waals surface area contributed by atoms with Crippen molar-refractivity contribution in [3.63, 3.8) is 0 Å². The topological polar surface area (TPSA) is 103 Å². The van der Waals surface area contributed by atoms with Crippen molar-refractivity contribution < 1.29 is 19.2 Å². The molecule has 0 saturated carbocycles. The molecule has 1 atom stereocenters. The van der Waals surface area contributed by atoms with Gasteiger partial charge in [0.05, 0.1) is 23.1 Å². The molecule has 0 aliphatic carbocycles. The minimum Gasteiger partial charge on any atom is -0.460 e. The highest BCUT2D eigenvalue weighted by Crippen LogP contribution is 2.33. The molecule has 25 heavy (non-hydrogen) atoms. The summed E-state index contributed by atoms with van der Waals surface area (Å²) in [6, 6.07) is 3.62. The number of nitrogens with one attached hydrogen (secondary N) is 2. The number of allylic oxidation sites excluding steroid dienone is 1. The molecule has 8 nitrogen and oxygen atoms in total. The molecule has 1 aromatic carbocycles. The number of hydrogen-bond donors (Lipinski definition) is 2. The van der Waals surface area contributed by atoms with Crippen LogP contribution in [0.15, 0.2) is 29.5 Å². The maximum absolute atomic E-state index is 12.4. The third-order valence-electron chi connectivity index (χ3n) is 3.51. The fraction of sp³-hybridized carbons (Fsp3) is 0.333. The maximum atomic E-state index is 12.4. The second-order valence-corrected chi connectivity index (χ2v) is 5.98. The van der Waals surface area contributed by atoms with Gasteiger partial charge in [-0.15, -0.1) is 0 Å². The number of nitrogens with zero attached hydrogens (tertiary/aromatic N) is 1. The number of nitro benzene ring substituents is 1. The zero-order valence-corrected chi connectivity index (χ0v) is 15.1. The van der Waals surface area contributed by atoms with E-state index in [1.165, 1.54) is 19.2 Å². The van der Waals surface area contributed by atoms with Crippen LogP contribution in [-0.4, -0.2) is 36.3 Å². The number of methoxy groups -OCH3 is 1. The van der Waals surface area contributed by atoms with Gasteiger partial charge in [-0.3, -0.25) is 10.1 Å². The standard InChI is InChI=1S/C15H16ClN3O5S/c1-8-12(14(20)24-6-5-23-2)13(18-15(25)17-8)9-3-4-10(16)11(7-9)19(21)22/h3-4,7,13H,5-6H2,1-2H3,(H2,17,18,25). The molecule has 0 bridgehead atoms. The molecule has 1 aromatic rings. The SMILES string of the molecule is COCCOC(=O)C1=C(C)NC(=S)NC1c1ccc(Cl)c([N+](=O)[O-])c1. The summed E-state index contributed by atoms with van der Waals surface area (Å²) in [5, 5.41) is 17.2. The number of halogens is 1. The van der Waals surface area contributed by atoms with E-state index in [1.807, 2.05) is 0 Å². The molecule has 0 aromatic heterocycles. The minimum absolute atomic E-state index is 0.00943. The number of esters is 1. The lowest BCUT2D eigenvalue weighted by Crippen LogP contribution is -2.45. The highest BCUT2D eigenvalue weighted by molar-refractivity contribution is 7.80. The molecular formula is C15H16ClN3O5S. The largest absolute Gasteiger partial charge is 0.460 e. The molecule has 0 fully saturated rings. The number of rotatable bonds is 6. The van der Waals surface area contributed by atoms with E-state index in [-0.39, 0.29) is 29.5 Å². The van der Waals surface area contributed by atoms with Crippen molar-refractivity contribution in [3.05, 3.63) is 50.2 Å². The Morgan fingerprint density at radius 2 is 2.16 bits per heavy atom. The smallest absolute Gasteiger partial charge is 0.338 e. The highest BCUT2D eigenvalue weighted by atomic mass is 35.5. The normalized spacial score (nSPS) is 16.9. The van der Waals surface area contributed by atoms with Crippen molar-refractivity contribution >= 4 is 40.6 Å².